The number of benzene rings is 1. The molecule has 0 N–H and O–H groups in total. The predicted octanol–water partition coefficient (Wildman–Crippen LogP) is 3.50. The molecule has 1 saturated heterocycles. The van der Waals surface area contributed by atoms with Crippen LogP contribution in [0.15, 0.2) is 18.2 Å². The molecule has 1 aromatic rings. The molecule has 0 spiro atoms. The predicted molar refractivity (Wildman–Crippen MR) is 59.3 cm³/mol. The van der Waals surface area contributed by atoms with Gasteiger partial charge < -0.3 is 9.47 Å². The van der Waals surface area contributed by atoms with Crippen LogP contribution in [0.25, 0.3) is 0 Å². The zero-order chi connectivity index (χ0) is 13.0. The molecule has 99 valence electrons. The molecule has 1 aliphatic heterocycles. The fraction of sp³-hybridized carbons (Fsp3) is 0.538. The minimum atomic E-state index is -4.19. The number of halogens is 3. The van der Waals surface area contributed by atoms with Gasteiger partial charge in [0.2, 0.25) is 0 Å². The first-order chi connectivity index (χ1) is 8.53. The van der Waals surface area contributed by atoms with Crippen molar-refractivity contribution < 1.29 is 22.6 Å². The molecule has 0 amide bonds. The quantitative estimate of drug-likeness (QED) is 0.827. The van der Waals surface area contributed by atoms with Crippen LogP contribution in [0.3, 0.4) is 0 Å². The second-order valence-electron chi connectivity index (χ2n) is 4.27. The Morgan fingerprint density at radius 2 is 2.17 bits per heavy atom. The maximum absolute atomic E-state index is 12.1. The van der Waals surface area contributed by atoms with Crippen molar-refractivity contribution in [3.05, 3.63) is 29.8 Å². The highest BCUT2D eigenvalue weighted by Gasteiger charge is 2.27. The molecule has 0 saturated carbocycles. The van der Waals surface area contributed by atoms with E-state index in [-0.39, 0.29) is 11.9 Å². The number of hydrogen-bond donors (Lipinski definition) is 0. The van der Waals surface area contributed by atoms with Crippen LogP contribution in [0.2, 0.25) is 0 Å². The van der Waals surface area contributed by atoms with Crippen LogP contribution < -0.4 is 4.74 Å². The third-order valence-corrected chi connectivity index (χ3v) is 2.65. The van der Waals surface area contributed by atoms with Gasteiger partial charge in [-0.15, -0.1) is 0 Å². The Balaban J connectivity index is 1.90. The van der Waals surface area contributed by atoms with Gasteiger partial charge in [0.05, 0.1) is 13.0 Å². The van der Waals surface area contributed by atoms with E-state index >= 15 is 0 Å². The van der Waals surface area contributed by atoms with Crippen LogP contribution in [-0.4, -0.2) is 19.1 Å². The van der Waals surface area contributed by atoms with Gasteiger partial charge in [0, 0.05) is 12.5 Å². The van der Waals surface area contributed by atoms with E-state index in [1.165, 1.54) is 18.2 Å². The summed E-state index contributed by atoms with van der Waals surface area (Å²) >= 11 is 0. The number of ether oxygens (including phenoxy) is 2. The third kappa shape index (κ3) is 4.22. The first kappa shape index (κ1) is 13.2. The summed E-state index contributed by atoms with van der Waals surface area (Å²) in [6.07, 6.45) is -2.57. The molecule has 1 fully saturated rings. The van der Waals surface area contributed by atoms with Crippen LogP contribution in [0.4, 0.5) is 13.2 Å². The summed E-state index contributed by atoms with van der Waals surface area (Å²) in [6, 6.07) is 6.92. The zero-order valence-electron chi connectivity index (χ0n) is 9.80. The van der Waals surface area contributed by atoms with Crippen LogP contribution in [-0.2, 0) is 11.2 Å². The minimum Gasteiger partial charge on any atom is -0.464 e. The average molecular weight is 259 g/mol. The average Bonchev–Trinajstić information content (AvgIpc) is 2.31. The topological polar surface area (TPSA) is 18.5 Å². The lowest BCUT2D eigenvalue weighted by Gasteiger charge is -2.23. The van der Waals surface area contributed by atoms with Crippen molar-refractivity contribution in [2.75, 3.05) is 6.61 Å². The van der Waals surface area contributed by atoms with E-state index in [9.17, 15) is 13.2 Å². The van der Waals surface area contributed by atoms with Crippen LogP contribution in [0.5, 0.6) is 5.75 Å². The lowest BCUT2D eigenvalue weighted by molar-refractivity contribution is -0.127. The number of rotatable bonds is 3. The van der Waals surface area contributed by atoms with Crippen molar-refractivity contribution in [3.63, 3.8) is 0 Å². The Morgan fingerprint density at radius 3 is 2.72 bits per heavy atom. The van der Waals surface area contributed by atoms with Crippen molar-refractivity contribution in [1.29, 1.82) is 0 Å². The van der Waals surface area contributed by atoms with Crippen molar-refractivity contribution in [2.45, 2.75) is 38.1 Å². The Morgan fingerprint density at radius 1 is 1.33 bits per heavy atom. The number of hydrogen-bond acceptors (Lipinski definition) is 2. The van der Waals surface area contributed by atoms with E-state index in [0.717, 1.165) is 19.3 Å². The Bertz CT molecular complexity index is 367. The van der Waals surface area contributed by atoms with Crippen LogP contribution in [0, 0.1) is 6.07 Å². The summed E-state index contributed by atoms with van der Waals surface area (Å²) in [6.45, 7) is 0.664. The first-order valence-corrected chi connectivity index (χ1v) is 5.88. The van der Waals surface area contributed by atoms with Gasteiger partial charge in [-0.05, 0) is 30.5 Å². The van der Waals surface area contributed by atoms with E-state index < -0.39 is 12.6 Å². The molecule has 1 unspecified atom stereocenters. The molecule has 0 bridgehead atoms. The normalized spacial score (nSPS) is 20.7. The van der Waals surface area contributed by atoms with Gasteiger partial charge in [0.1, 0.15) is 5.75 Å². The van der Waals surface area contributed by atoms with Gasteiger partial charge >= 0.3 is 6.18 Å². The standard InChI is InChI=1S/C13H14F3O2/c14-13(15,16)9-10-4-6-11(7-5-10)18-12-3-1-2-8-17-12/h4-6,12H,1-3,8-9H2. The molecule has 1 atom stereocenters. The van der Waals surface area contributed by atoms with Gasteiger partial charge in [0.25, 0.3) is 0 Å². The Labute approximate surface area is 104 Å². The summed E-state index contributed by atoms with van der Waals surface area (Å²) in [4.78, 5) is 0. The van der Waals surface area contributed by atoms with Crippen molar-refractivity contribution in [3.8, 4) is 5.75 Å². The van der Waals surface area contributed by atoms with Gasteiger partial charge in [0.15, 0.2) is 6.29 Å². The molecule has 5 heteroatoms. The van der Waals surface area contributed by atoms with Crippen molar-refractivity contribution >= 4 is 0 Å². The summed E-state index contributed by atoms with van der Waals surface area (Å²) in [5.74, 6) is 0.424. The molecular formula is C13H14F3O2. The summed E-state index contributed by atoms with van der Waals surface area (Å²) in [5, 5.41) is 0. The SMILES string of the molecule is FC(F)(F)Cc1c[c]c(OC2CCCCO2)cc1. The molecule has 2 nitrogen and oxygen atoms in total. The largest absolute Gasteiger partial charge is 0.464 e. The highest BCUT2D eigenvalue weighted by molar-refractivity contribution is 5.26. The molecular weight excluding hydrogens is 245 g/mol. The smallest absolute Gasteiger partial charge is 0.393 e. The monoisotopic (exact) mass is 259 g/mol. The molecule has 1 heterocycles. The summed E-state index contributed by atoms with van der Waals surface area (Å²) in [5.41, 5.74) is 0.180. The second-order valence-corrected chi connectivity index (χ2v) is 4.27. The van der Waals surface area contributed by atoms with Crippen molar-refractivity contribution in [1.82, 2.24) is 0 Å². The van der Waals surface area contributed by atoms with Gasteiger partial charge in [-0.1, -0.05) is 6.07 Å². The molecule has 2 rings (SSSR count). The van der Waals surface area contributed by atoms with E-state index in [1.54, 1.807) is 0 Å². The van der Waals surface area contributed by atoms with Crippen molar-refractivity contribution in [2.24, 2.45) is 0 Å². The highest BCUT2D eigenvalue weighted by Crippen LogP contribution is 2.23. The van der Waals surface area contributed by atoms with E-state index in [2.05, 4.69) is 6.07 Å². The minimum absolute atomic E-state index is 0.180. The van der Waals surface area contributed by atoms with E-state index in [4.69, 9.17) is 9.47 Å². The Kier molecular flexibility index (Phi) is 4.11. The van der Waals surface area contributed by atoms with E-state index in [1.807, 2.05) is 0 Å². The maximum atomic E-state index is 12.1. The fourth-order valence-corrected chi connectivity index (χ4v) is 1.80. The summed E-state index contributed by atoms with van der Waals surface area (Å²) < 4.78 is 47.3. The van der Waals surface area contributed by atoms with Crippen LogP contribution >= 0.6 is 0 Å². The maximum Gasteiger partial charge on any atom is 0.393 e. The molecule has 1 aromatic carbocycles. The highest BCUT2D eigenvalue weighted by atomic mass is 19.4. The second kappa shape index (κ2) is 5.61. The lowest BCUT2D eigenvalue weighted by Crippen LogP contribution is -2.25. The molecule has 0 aromatic heterocycles. The van der Waals surface area contributed by atoms with Gasteiger partial charge in [-0.3, -0.25) is 0 Å². The molecule has 18 heavy (non-hydrogen) atoms. The first-order valence-electron chi connectivity index (χ1n) is 5.88. The molecule has 1 radical (unpaired) electrons. The zero-order valence-corrected chi connectivity index (χ0v) is 9.80. The van der Waals surface area contributed by atoms with Gasteiger partial charge in [-0.2, -0.15) is 13.2 Å². The molecule has 0 aliphatic carbocycles. The summed E-state index contributed by atoms with van der Waals surface area (Å²) in [7, 11) is 0. The van der Waals surface area contributed by atoms with Gasteiger partial charge in [-0.25, -0.2) is 0 Å². The van der Waals surface area contributed by atoms with Crippen LogP contribution in [0.1, 0.15) is 24.8 Å². The van der Waals surface area contributed by atoms with E-state index in [0.29, 0.717) is 12.4 Å². The Hall–Kier alpha value is -1.23. The lowest BCUT2D eigenvalue weighted by atomic mass is 10.1. The molecule has 1 aliphatic rings. The third-order valence-electron chi connectivity index (χ3n) is 2.65. The fourth-order valence-electron chi connectivity index (χ4n) is 1.80. The number of alkyl halides is 3.